The van der Waals surface area contributed by atoms with Crippen LogP contribution in [-0.2, 0) is 4.79 Å². The Balaban J connectivity index is 2.54. The maximum atomic E-state index is 10.7. The second kappa shape index (κ2) is 4.70. The van der Waals surface area contributed by atoms with Crippen LogP contribution in [0, 0.1) is 0 Å². The van der Waals surface area contributed by atoms with E-state index in [0.717, 1.165) is 0 Å². The second-order valence-electron chi connectivity index (χ2n) is 3.49. The van der Waals surface area contributed by atoms with Crippen LogP contribution in [0.15, 0.2) is 0 Å². The van der Waals surface area contributed by atoms with E-state index in [1.54, 1.807) is 0 Å². The zero-order valence-electron chi connectivity index (χ0n) is 7.97. The summed E-state index contributed by atoms with van der Waals surface area (Å²) < 4.78 is 0. The van der Waals surface area contributed by atoms with E-state index in [4.69, 9.17) is 5.11 Å². The molecule has 6 heteroatoms. The van der Waals surface area contributed by atoms with E-state index in [0.29, 0.717) is 6.54 Å². The molecule has 82 valence electrons. The van der Waals surface area contributed by atoms with Gasteiger partial charge in [-0.2, -0.15) is 0 Å². The third-order valence-electron chi connectivity index (χ3n) is 2.36. The van der Waals surface area contributed by atoms with Crippen molar-refractivity contribution in [2.45, 2.75) is 31.2 Å². The fourth-order valence-corrected chi connectivity index (χ4v) is 1.57. The SMILES string of the molecule is CC(=O)N[C@H]1CNC(CO)[C@@H](O)[C@@H]1O. The van der Waals surface area contributed by atoms with Crippen molar-refractivity contribution in [1.29, 1.82) is 0 Å². The van der Waals surface area contributed by atoms with E-state index in [1.165, 1.54) is 6.92 Å². The Morgan fingerprint density at radius 1 is 1.50 bits per heavy atom. The van der Waals surface area contributed by atoms with Crippen molar-refractivity contribution in [3.8, 4) is 0 Å². The lowest BCUT2D eigenvalue weighted by Crippen LogP contribution is -2.65. The lowest BCUT2D eigenvalue weighted by molar-refractivity contribution is -0.122. The molecule has 5 N–H and O–H groups in total. The molecule has 1 aliphatic rings. The fraction of sp³-hybridized carbons (Fsp3) is 0.875. The Bertz CT molecular complexity index is 212. The molecular formula is C8H16N2O4. The summed E-state index contributed by atoms with van der Waals surface area (Å²) in [5.74, 6) is -0.259. The minimum atomic E-state index is -1.06. The summed E-state index contributed by atoms with van der Waals surface area (Å²) in [6.07, 6.45) is -2.11. The average Bonchev–Trinajstić information content (AvgIpc) is 2.13. The standard InChI is InChI=1S/C8H16N2O4/c1-4(12)10-5-2-9-6(3-11)8(14)7(5)13/h5-9,11,13-14H,2-3H2,1H3,(H,10,12)/t5-,6?,7+,8+/m0/s1. The van der Waals surface area contributed by atoms with Gasteiger partial charge in [0.15, 0.2) is 0 Å². The van der Waals surface area contributed by atoms with Gasteiger partial charge in [0.25, 0.3) is 0 Å². The van der Waals surface area contributed by atoms with Crippen LogP contribution in [0.3, 0.4) is 0 Å². The van der Waals surface area contributed by atoms with Crippen LogP contribution in [-0.4, -0.2) is 58.7 Å². The number of carbonyl (C=O) groups is 1. The summed E-state index contributed by atoms with van der Waals surface area (Å²) in [4.78, 5) is 10.7. The zero-order valence-corrected chi connectivity index (χ0v) is 7.97. The van der Waals surface area contributed by atoms with Crippen LogP contribution >= 0.6 is 0 Å². The monoisotopic (exact) mass is 204 g/mol. The van der Waals surface area contributed by atoms with Gasteiger partial charge in [-0.25, -0.2) is 0 Å². The van der Waals surface area contributed by atoms with Crippen molar-refractivity contribution >= 4 is 5.91 Å². The highest BCUT2D eigenvalue weighted by molar-refractivity contribution is 5.73. The molecule has 0 aliphatic carbocycles. The molecule has 0 radical (unpaired) electrons. The first-order chi connectivity index (χ1) is 6.56. The molecule has 0 aromatic rings. The largest absolute Gasteiger partial charge is 0.395 e. The topological polar surface area (TPSA) is 102 Å². The lowest BCUT2D eigenvalue weighted by Gasteiger charge is -2.37. The Morgan fingerprint density at radius 2 is 2.14 bits per heavy atom. The Hall–Kier alpha value is -0.690. The number of hydrogen-bond acceptors (Lipinski definition) is 5. The minimum Gasteiger partial charge on any atom is -0.395 e. The smallest absolute Gasteiger partial charge is 0.217 e. The van der Waals surface area contributed by atoms with Gasteiger partial charge in [-0.3, -0.25) is 4.79 Å². The number of piperidine rings is 1. The molecular weight excluding hydrogens is 188 g/mol. The van der Waals surface area contributed by atoms with Gasteiger partial charge in [-0.05, 0) is 0 Å². The number of aliphatic hydroxyl groups is 3. The number of rotatable bonds is 2. The van der Waals surface area contributed by atoms with Crippen LogP contribution in [0.4, 0.5) is 0 Å². The summed E-state index contributed by atoms with van der Waals surface area (Å²) in [6.45, 7) is 1.44. The molecule has 1 heterocycles. The van der Waals surface area contributed by atoms with E-state index < -0.39 is 24.3 Å². The third kappa shape index (κ3) is 2.42. The van der Waals surface area contributed by atoms with E-state index in [9.17, 15) is 15.0 Å². The maximum absolute atomic E-state index is 10.7. The van der Waals surface area contributed by atoms with Crippen molar-refractivity contribution in [2.75, 3.05) is 13.2 Å². The van der Waals surface area contributed by atoms with Crippen LogP contribution in [0.1, 0.15) is 6.92 Å². The van der Waals surface area contributed by atoms with Gasteiger partial charge in [0.1, 0.15) is 6.10 Å². The molecule has 1 unspecified atom stereocenters. The van der Waals surface area contributed by atoms with E-state index in [-0.39, 0.29) is 12.5 Å². The quantitative estimate of drug-likeness (QED) is 0.334. The van der Waals surface area contributed by atoms with E-state index in [1.807, 2.05) is 0 Å². The highest BCUT2D eigenvalue weighted by Gasteiger charge is 2.36. The highest BCUT2D eigenvalue weighted by Crippen LogP contribution is 2.10. The van der Waals surface area contributed by atoms with Crippen molar-refractivity contribution in [3.05, 3.63) is 0 Å². The summed E-state index contributed by atoms with van der Waals surface area (Å²) in [5.41, 5.74) is 0. The minimum absolute atomic E-state index is 0.245. The summed E-state index contributed by atoms with van der Waals surface area (Å²) in [6, 6.07) is -1.04. The van der Waals surface area contributed by atoms with Gasteiger partial charge in [-0.15, -0.1) is 0 Å². The van der Waals surface area contributed by atoms with Gasteiger partial charge in [0, 0.05) is 13.5 Å². The summed E-state index contributed by atoms with van der Waals surface area (Å²) in [5, 5.41) is 33.2. The second-order valence-corrected chi connectivity index (χ2v) is 3.49. The van der Waals surface area contributed by atoms with Gasteiger partial charge >= 0.3 is 0 Å². The van der Waals surface area contributed by atoms with Crippen molar-refractivity contribution < 1.29 is 20.1 Å². The Morgan fingerprint density at radius 3 is 2.64 bits per heavy atom. The molecule has 1 amide bonds. The van der Waals surface area contributed by atoms with Gasteiger partial charge < -0.3 is 26.0 Å². The van der Waals surface area contributed by atoms with Crippen molar-refractivity contribution in [3.63, 3.8) is 0 Å². The van der Waals surface area contributed by atoms with Crippen LogP contribution in [0.5, 0.6) is 0 Å². The number of carbonyl (C=O) groups excluding carboxylic acids is 1. The third-order valence-corrected chi connectivity index (χ3v) is 2.36. The van der Waals surface area contributed by atoms with Gasteiger partial charge in [0.2, 0.25) is 5.91 Å². The maximum Gasteiger partial charge on any atom is 0.217 e. The van der Waals surface area contributed by atoms with E-state index in [2.05, 4.69) is 10.6 Å². The number of nitrogens with one attached hydrogen (secondary N) is 2. The van der Waals surface area contributed by atoms with Crippen molar-refractivity contribution in [1.82, 2.24) is 10.6 Å². The van der Waals surface area contributed by atoms with Gasteiger partial charge in [-0.1, -0.05) is 0 Å². The predicted octanol–water partition coefficient (Wildman–Crippen LogP) is -2.82. The molecule has 4 atom stereocenters. The molecule has 0 spiro atoms. The first-order valence-corrected chi connectivity index (χ1v) is 4.53. The molecule has 1 saturated heterocycles. The average molecular weight is 204 g/mol. The summed E-state index contributed by atoms with van der Waals surface area (Å²) >= 11 is 0. The zero-order chi connectivity index (χ0) is 10.7. The van der Waals surface area contributed by atoms with E-state index >= 15 is 0 Å². The molecule has 1 aliphatic heterocycles. The van der Waals surface area contributed by atoms with Crippen LogP contribution in [0.25, 0.3) is 0 Å². The first kappa shape index (κ1) is 11.4. The molecule has 0 saturated carbocycles. The molecule has 14 heavy (non-hydrogen) atoms. The fourth-order valence-electron chi connectivity index (χ4n) is 1.57. The molecule has 0 bridgehead atoms. The summed E-state index contributed by atoms with van der Waals surface area (Å²) in [7, 11) is 0. The number of hydrogen-bond donors (Lipinski definition) is 5. The normalized spacial score (nSPS) is 38.0. The molecule has 6 nitrogen and oxygen atoms in total. The first-order valence-electron chi connectivity index (χ1n) is 4.53. The van der Waals surface area contributed by atoms with Crippen LogP contribution < -0.4 is 10.6 Å². The number of aliphatic hydroxyl groups excluding tert-OH is 3. The Labute approximate surface area is 81.9 Å². The van der Waals surface area contributed by atoms with Gasteiger partial charge in [0.05, 0.1) is 24.8 Å². The predicted molar refractivity (Wildman–Crippen MR) is 48.5 cm³/mol. The molecule has 1 fully saturated rings. The Kier molecular flexibility index (Phi) is 3.82. The van der Waals surface area contributed by atoms with Crippen molar-refractivity contribution in [2.24, 2.45) is 0 Å². The van der Waals surface area contributed by atoms with Crippen LogP contribution in [0.2, 0.25) is 0 Å². The number of amides is 1. The molecule has 1 rings (SSSR count). The lowest BCUT2D eigenvalue weighted by atomic mass is 9.94. The molecule has 0 aromatic carbocycles. The highest BCUT2D eigenvalue weighted by atomic mass is 16.3. The molecule has 0 aromatic heterocycles.